The first-order chi connectivity index (χ1) is 6.70. The maximum absolute atomic E-state index is 11.6. The predicted octanol–water partition coefficient (Wildman–Crippen LogP) is -0.349. The number of hydrogen-bond donors (Lipinski definition) is 1. The number of fused-ring (bicyclic) bond motifs is 1. The summed E-state index contributed by atoms with van der Waals surface area (Å²) in [6.45, 7) is 4.00. The molecule has 0 bridgehead atoms. The lowest BCUT2D eigenvalue weighted by atomic mass is 10.0. The van der Waals surface area contributed by atoms with Crippen molar-refractivity contribution in [2.75, 3.05) is 0 Å². The minimum absolute atomic E-state index is 0.105. The molecule has 0 unspecified atom stereocenters. The Bertz CT molecular complexity index is 411. The molecule has 0 aromatic carbocycles. The minimum Gasteiger partial charge on any atom is -0.240 e. The predicted molar refractivity (Wildman–Crippen MR) is 50.0 cm³/mol. The SMILES string of the molecule is CC(C)c1ncnc2c1C(=O)[NH2+]N=C2. The summed E-state index contributed by atoms with van der Waals surface area (Å²) in [6.07, 6.45) is 3.06. The highest BCUT2D eigenvalue weighted by molar-refractivity contribution is 5.99. The number of primary amides is 1. The number of quaternary nitrogens is 1. The molecule has 5 heteroatoms. The van der Waals surface area contributed by atoms with Gasteiger partial charge in [0.1, 0.15) is 23.8 Å². The number of carbonyl (C=O) groups is 1. The summed E-state index contributed by atoms with van der Waals surface area (Å²) >= 11 is 0. The number of aromatic nitrogens is 2. The van der Waals surface area contributed by atoms with Crippen LogP contribution in [0.1, 0.15) is 41.5 Å². The number of hydrogen-bond acceptors (Lipinski definition) is 4. The molecule has 2 N–H and O–H groups in total. The summed E-state index contributed by atoms with van der Waals surface area (Å²) in [6, 6.07) is 0. The third kappa shape index (κ3) is 1.31. The molecule has 2 heterocycles. The highest BCUT2D eigenvalue weighted by Gasteiger charge is 2.25. The van der Waals surface area contributed by atoms with Crippen LogP contribution in [0.2, 0.25) is 0 Å². The fourth-order valence-electron chi connectivity index (χ4n) is 1.44. The summed E-state index contributed by atoms with van der Waals surface area (Å²) in [5.74, 6) is 0.113. The van der Waals surface area contributed by atoms with E-state index >= 15 is 0 Å². The largest absolute Gasteiger partial charge is 0.372 e. The van der Waals surface area contributed by atoms with Crippen LogP contribution in [0.15, 0.2) is 11.4 Å². The van der Waals surface area contributed by atoms with Crippen molar-refractivity contribution in [1.29, 1.82) is 0 Å². The van der Waals surface area contributed by atoms with E-state index in [-0.39, 0.29) is 11.8 Å². The van der Waals surface area contributed by atoms with E-state index < -0.39 is 0 Å². The van der Waals surface area contributed by atoms with Gasteiger partial charge in [-0.2, -0.15) is 5.43 Å². The smallest absolute Gasteiger partial charge is 0.240 e. The number of rotatable bonds is 1. The van der Waals surface area contributed by atoms with Gasteiger partial charge in [-0.1, -0.05) is 18.9 Å². The Morgan fingerprint density at radius 3 is 2.86 bits per heavy atom. The molecule has 2 rings (SSSR count). The summed E-state index contributed by atoms with van der Waals surface area (Å²) in [5, 5.41) is 3.81. The molecule has 1 aliphatic heterocycles. The van der Waals surface area contributed by atoms with E-state index in [1.807, 2.05) is 13.8 Å². The van der Waals surface area contributed by atoms with E-state index in [4.69, 9.17) is 0 Å². The molecule has 0 spiro atoms. The zero-order valence-corrected chi connectivity index (χ0v) is 8.06. The summed E-state index contributed by atoms with van der Waals surface area (Å²) in [5.41, 5.74) is 3.31. The van der Waals surface area contributed by atoms with Crippen LogP contribution in [0.5, 0.6) is 0 Å². The lowest BCUT2D eigenvalue weighted by Crippen LogP contribution is -2.83. The molecule has 1 amide bonds. The first-order valence-electron chi connectivity index (χ1n) is 4.45. The zero-order valence-electron chi connectivity index (χ0n) is 8.06. The van der Waals surface area contributed by atoms with Gasteiger partial charge in [0.25, 0.3) is 0 Å². The van der Waals surface area contributed by atoms with Gasteiger partial charge < -0.3 is 0 Å². The molecule has 14 heavy (non-hydrogen) atoms. The number of amides is 1. The van der Waals surface area contributed by atoms with Crippen molar-refractivity contribution in [2.45, 2.75) is 19.8 Å². The van der Waals surface area contributed by atoms with Gasteiger partial charge in [-0.25, -0.2) is 14.8 Å². The Balaban J connectivity index is 2.64. The van der Waals surface area contributed by atoms with Crippen LogP contribution in [-0.4, -0.2) is 22.1 Å². The van der Waals surface area contributed by atoms with Crippen LogP contribution in [0, 0.1) is 0 Å². The standard InChI is InChI=1S/C9H10N4O/c1-5(2)8-7-6(10-4-11-8)3-12-13-9(7)14/h3-5H,1-2H3,(H,13,14)/p+1. The highest BCUT2D eigenvalue weighted by Crippen LogP contribution is 2.17. The van der Waals surface area contributed by atoms with E-state index in [1.54, 1.807) is 6.21 Å². The lowest BCUT2D eigenvalue weighted by Gasteiger charge is -2.11. The van der Waals surface area contributed by atoms with Crippen LogP contribution in [0.3, 0.4) is 0 Å². The molecule has 0 fully saturated rings. The molecule has 1 aromatic heterocycles. The second kappa shape index (κ2) is 3.26. The van der Waals surface area contributed by atoms with E-state index in [2.05, 4.69) is 15.1 Å². The lowest BCUT2D eigenvalue weighted by molar-refractivity contribution is -0.561. The van der Waals surface area contributed by atoms with Gasteiger partial charge in [0.05, 0.1) is 5.69 Å². The van der Waals surface area contributed by atoms with Crippen LogP contribution < -0.4 is 5.43 Å². The van der Waals surface area contributed by atoms with E-state index in [0.717, 1.165) is 5.69 Å². The molecule has 1 aromatic rings. The Labute approximate surface area is 81.3 Å². The number of nitrogens with zero attached hydrogens (tertiary/aromatic N) is 3. The van der Waals surface area contributed by atoms with Gasteiger partial charge in [-0.3, -0.25) is 0 Å². The third-order valence-electron chi connectivity index (χ3n) is 2.09. The first-order valence-corrected chi connectivity index (χ1v) is 4.45. The summed E-state index contributed by atoms with van der Waals surface area (Å²) in [7, 11) is 0. The van der Waals surface area contributed by atoms with Crippen molar-refractivity contribution in [2.24, 2.45) is 5.10 Å². The van der Waals surface area contributed by atoms with Crippen LogP contribution in [0.25, 0.3) is 0 Å². The second-order valence-electron chi connectivity index (χ2n) is 3.45. The molecule has 0 radical (unpaired) electrons. The van der Waals surface area contributed by atoms with Gasteiger partial charge in [0.2, 0.25) is 0 Å². The average Bonchev–Trinajstić information content (AvgIpc) is 2.17. The van der Waals surface area contributed by atoms with Crippen molar-refractivity contribution in [3.8, 4) is 0 Å². The Morgan fingerprint density at radius 2 is 2.14 bits per heavy atom. The summed E-state index contributed by atoms with van der Waals surface area (Å²) in [4.78, 5) is 19.7. The highest BCUT2D eigenvalue weighted by atomic mass is 16.2. The monoisotopic (exact) mass is 191 g/mol. The van der Waals surface area contributed by atoms with Crippen molar-refractivity contribution in [1.82, 2.24) is 9.97 Å². The van der Waals surface area contributed by atoms with Gasteiger partial charge in [-0.15, -0.1) is 0 Å². The molecule has 72 valence electrons. The molecule has 0 aliphatic carbocycles. The fourth-order valence-corrected chi connectivity index (χ4v) is 1.44. The van der Waals surface area contributed by atoms with Crippen molar-refractivity contribution in [3.63, 3.8) is 0 Å². The summed E-state index contributed by atoms with van der Waals surface area (Å²) < 4.78 is 0. The number of carbonyl (C=O) groups excluding carboxylic acids is 1. The van der Waals surface area contributed by atoms with Crippen LogP contribution in [0.4, 0.5) is 0 Å². The molecule has 0 saturated heterocycles. The third-order valence-corrected chi connectivity index (χ3v) is 2.09. The zero-order chi connectivity index (χ0) is 10.1. The van der Waals surface area contributed by atoms with Crippen molar-refractivity contribution in [3.05, 3.63) is 23.3 Å². The van der Waals surface area contributed by atoms with Gasteiger partial charge in [-0.05, 0) is 5.92 Å². The normalized spacial score (nSPS) is 14.6. The van der Waals surface area contributed by atoms with Crippen molar-refractivity contribution >= 4 is 12.1 Å². The van der Waals surface area contributed by atoms with Crippen LogP contribution in [-0.2, 0) is 0 Å². The minimum atomic E-state index is -0.105. The Hall–Kier alpha value is -1.62. The molecule has 0 atom stereocenters. The van der Waals surface area contributed by atoms with E-state index in [9.17, 15) is 4.79 Å². The molecule has 1 aliphatic rings. The molecular formula is C9H11N4O+. The number of nitrogens with two attached hydrogens (primary N) is 1. The molecule has 0 saturated carbocycles. The maximum atomic E-state index is 11.6. The fraction of sp³-hybridized carbons (Fsp3) is 0.333. The van der Waals surface area contributed by atoms with Gasteiger partial charge >= 0.3 is 5.91 Å². The topological polar surface area (TPSA) is 71.8 Å². The quantitative estimate of drug-likeness (QED) is 0.617. The van der Waals surface area contributed by atoms with Gasteiger partial charge in [0, 0.05) is 0 Å². The second-order valence-corrected chi connectivity index (χ2v) is 3.45. The molecular weight excluding hydrogens is 180 g/mol. The molecule has 5 nitrogen and oxygen atoms in total. The van der Waals surface area contributed by atoms with Crippen LogP contribution >= 0.6 is 0 Å². The van der Waals surface area contributed by atoms with Crippen molar-refractivity contribution < 1.29 is 10.2 Å². The first kappa shape index (κ1) is 8.96. The Kier molecular flexibility index (Phi) is 2.09. The maximum Gasteiger partial charge on any atom is 0.372 e. The Morgan fingerprint density at radius 1 is 1.36 bits per heavy atom. The van der Waals surface area contributed by atoms with E-state index in [0.29, 0.717) is 11.3 Å². The van der Waals surface area contributed by atoms with Gasteiger partial charge in [0.15, 0.2) is 0 Å². The van der Waals surface area contributed by atoms with E-state index in [1.165, 1.54) is 11.8 Å². The average molecular weight is 191 g/mol.